The Labute approximate surface area is 119 Å². The molecule has 2 rings (SSSR count). The Hall–Kier alpha value is -2.42. The third-order valence-electron chi connectivity index (χ3n) is 2.38. The number of nitrogens with zero attached hydrogens (tertiary/aromatic N) is 5. The maximum Gasteiger partial charge on any atom is 0.289 e. The summed E-state index contributed by atoms with van der Waals surface area (Å²) in [5.41, 5.74) is -0.157. The lowest BCUT2D eigenvalue weighted by Crippen LogP contribution is -2.10. The molecular formula is C10H12ClN7O2. The SMILES string of the molecule is CN(C)c1n[nH]c(CNc2ncc([N+](=O)[O-])cc2Cl)n1. The van der Waals surface area contributed by atoms with Gasteiger partial charge in [-0.3, -0.25) is 15.2 Å². The van der Waals surface area contributed by atoms with E-state index < -0.39 is 4.92 Å². The summed E-state index contributed by atoms with van der Waals surface area (Å²) >= 11 is 5.91. The average molecular weight is 298 g/mol. The van der Waals surface area contributed by atoms with Crippen molar-refractivity contribution < 1.29 is 4.92 Å². The summed E-state index contributed by atoms with van der Waals surface area (Å²) in [6, 6.07) is 1.24. The summed E-state index contributed by atoms with van der Waals surface area (Å²) in [5.74, 6) is 1.51. The van der Waals surface area contributed by atoms with Crippen molar-refractivity contribution in [3.63, 3.8) is 0 Å². The number of nitro groups is 1. The average Bonchev–Trinajstić information content (AvgIpc) is 2.86. The van der Waals surface area contributed by atoms with Gasteiger partial charge in [0.25, 0.3) is 5.69 Å². The number of rotatable bonds is 5. The highest BCUT2D eigenvalue weighted by Crippen LogP contribution is 2.24. The largest absolute Gasteiger partial charge is 0.362 e. The van der Waals surface area contributed by atoms with Gasteiger partial charge in [0.15, 0.2) is 0 Å². The molecule has 0 bridgehead atoms. The van der Waals surface area contributed by atoms with Crippen molar-refractivity contribution in [2.45, 2.75) is 6.54 Å². The van der Waals surface area contributed by atoms with Gasteiger partial charge in [0.05, 0.1) is 16.5 Å². The summed E-state index contributed by atoms with van der Waals surface area (Å²) in [6.45, 7) is 0.325. The first-order valence-electron chi connectivity index (χ1n) is 5.60. The molecule has 2 N–H and O–H groups in total. The third-order valence-corrected chi connectivity index (χ3v) is 2.67. The van der Waals surface area contributed by atoms with Crippen molar-refractivity contribution in [1.82, 2.24) is 20.2 Å². The van der Waals surface area contributed by atoms with Crippen LogP contribution < -0.4 is 10.2 Å². The second-order valence-corrected chi connectivity index (χ2v) is 4.52. The van der Waals surface area contributed by atoms with Crippen LogP contribution in [0.1, 0.15) is 5.82 Å². The lowest BCUT2D eigenvalue weighted by atomic mass is 10.4. The number of pyridine rings is 1. The van der Waals surface area contributed by atoms with E-state index in [-0.39, 0.29) is 10.7 Å². The monoisotopic (exact) mass is 297 g/mol. The Morgan fingerprint density at radius 1 is 1.55 bits per heavy atom. The van der Waals surface area contributed by atoms with Crippen LogP contribution in [0.25, 0.3) is 0 Å². The van der Waals surface area contributed by atoms with Gasteiger partial charge in [-0.15, -0.1) is 5.10 Å². The van der Waals surface area contributed by atoms with Crippen LogP contribution in [0.2, 0.25) is 5.02 Å². The zero-order valence-corrected chi connectivity index (χ0v) is 11.5. The molecule has 0 unspecified atom stereocenters. The molecule has 9 nitrogen and oxygen atoms in total. The summed E-state index contributed by atoms with van der Waals surface area (Å²) in [5, 5.41) is 20.4. The van der Waals surface area contributed by atoms with Crippen LogP contribution in [0.15, 0.2) is 12.3 Å². The maximum atomic E-state index is 10.6. The van der Waals surface area contributed by atoms with Gasteiger partial charge in [-0.2, -0.15) is 4.98 Å². The smallest absolute Gasteiger partial charge is 0.289 e. The Bertz CT molecular complexity index is 628. The fourth-order valence-corrected chi connectivity index (χ4v) is 1.62. The molecule has 10 heteroatoms. The predicted molar refractivity (Wildman–Crippen MR) is 73.9 cm³/mol. The second kappa shape index (κ2) is 5.70. The summed E-state index contributed by atoms with van der Waals surface area (Å²) in [6.07, 6.45) is 1.14. The number of hydrogen-bond donors (Lipinski definition) is 2. The molecule has 0 saturated carbocycles. The van der Waals surface area contributed by atoms with Gasteiger partial charge in [-0.1, -0.05) is 11.6 Å². The normalized spacial score (nSPS) is 10.3. The molecule has 0 atom stereocenters. The number of H-pyrrole nitrogens is 1. The highest BCUT2D eigenvalue weighted by atomic mass is 35.5. The maximum absolute atomic E-state index is 10.6. The molecule has 0 aliphatic rings. The number of aromatic nitrogens is 4. The lowest BCUT2D eigenvalue weighted by molar-refractivity contribution is -0.385. The van der Waals surface area contributed by atoms with Gasteiger partial charge < -0.3 is 10.2 Å². The van der Waals surface area contributed by atoms with E-state index in [0.29, 0.717) is 24.1 Å². The first-order chi connectivity index (χ1) is 9.47. The van der Waals surface area contributed by atoms with Crippen molar-refractivity contribution in [2.75, 3.05) is 24.3 Å². The van der Waals surface area contributed by atoms with Crippen molar-refractivity contribution in [3.05, 3.63) is 33.2 Å². The van der Waals surface area contributed by atoms with Crippen LogP contribution in [-0.4, -0.2) is 39.2 Å². The van der Waals surface area contributed by atoms with Crippen LogP contribution >= 0.6 is 11.6 Å². The molecule has 0 amide bonds. The summed E-state index contributed by atoms with van der Waals surface area (Å²) in [4.78, 5) is 19.9. The van der Waals surface area contributed by atoms with Gasteiger partial charge >= 0.3 is 0 Å². The Morgan fingerprint density at radius 2 is 2.30 bits per heavy atom. The van der Waals surface area contributed by atoms with Crippen LogP contribution in [-0.2, 0) is 6.54 Å². The van der Waals surface area contributed by atoms with Gasteiger partial charge in [0, 0.05) is 20.2 Å². The summed E-state index contributed by atoms with van der Waals surface area (Å²) in [7, 11) is 3.66. The van der Waals surface area contributed by atoms with E-state index in [1.807, 2.05) is 14.1 Å². The van der Waals surface area contributed by atoms with E-state index in [2.05, 4.69) is 25.5 Å². The molecular weight excluding hydrogens is 286 g/mol. The Kier molecular flexibility index (Phi) is 3.99. The highest BCUT2D eigenvalue weighted by molar-refractivity contribution is 6.33. The zero-order chi connectivity index (χ0) is 14.7. The minimum absolute atomic E-state index is 0.157. The molecule has 2 aromatic heterocycles. The Balaban J connectivity index is 2.05. The van der Waals surface area contributed by atoms with E-state index in [0.717, 1.165) is 6.20 Å². The fraction of sp³-hybridized carbons (Fsp3) is 0.300. The van der Waals surface area contributed by atoms with Gasteiger partial charge in [-0.05, 0) is 0 Å². The fourth-order valence-electron chi connectivity index (χ4n) is 1.39. The minimum atomic E-state index is -0.553. The number of hydrogen-bond acceptors (Lipinski definition) is 7. The van der Waals surface area contributed by atoms with E-state index in [4.69, 9.17) is 11.6 Å². The molecule has 0 aliphatic heterocycles. The molecule has 0 spiro atoms. The number of aromatic amines is 1. The first-order valence-corrected chi connectivity index (χ1v) is 5.97. The van der Waals surface area contributed by atoms with Crippen molar-refractivity contribution in [1.29, 1.82) is 0 Å². The van der Waals surface area contributed by atoms with Crippen LogP contribution in [0.5, 0.6) is 0 Å². The lowest BCUT2D eigenvalue weighted by Gasteiger charge is -2.05. The van der Waals surface area contributed by atoms with E-state index in [1.54, 1.807) is 4.90 Å². The number of anilines is 2. The Morgan fingerprint density at radius 3 is 2.85 bits per heavy atom. The molecule has 106 valence electrons. The molecule has 0 aliphatic carbocycles. The first kappa shape index (κ1) is 14.0. The molecule has 0 aromatic carbocycles. The molecule has 2 heterocycles. The van der Waals surface area contributed by atoms with Crippen LogP contribution in [0.4, 0.5) is 17.5 Å². The van der Waals surface area contributed by atoms with Gasteiger partial charge in [0.1, 0.15) is 17.8 Å². The van der Waals surface area contributed by atoms with Crippen LogP contribution in [0.3, 0.4) is 0 Å². The molecule has 2 aromatic rings. The van der Waals surface area contributed by atoms with E-state index in [9.17, 15) is 10.1 Å². The topological polar surface area (TPSA) is 113 Å². The molecule has 20 heavy (non-hydrogen) atoms. The van der Waals surface area contributed by atoms with Crippen molar-refractivity contribution in [2.24, 2.45) is 0 Å². The highest BCUT2D eigenvalue weighted by Gasteiger charge is 2.11. The third kappa shape index (κ3) is 3.12. The second-order valence-electron chi connectivity index (χ2n) is 4.11. The molecule has 0 radical (unpaired) electrons. The van der Waals surface area contributed by atoms with E-state index >= 15 is 0 Å². The summed E-state index contributed by atoms with van der Waals surface area (Å²) < 4.78 is 0. The minimum Gasteiger partial charge on any atom is -0.362 e. The zero-order valence-electron chi connectivity index (χ0n) is 10.8. The molecule has 0 saturated heterocycles. The van der Waals surface area contributed by atoms with Crippen LogP contribution in [0, 0.1) is 10.1 Å². The van der Waals surface area contributed by atoms with Crippen molar-refractivity contribution >= 4 is 29.1 Å². The van der Waals surface area contributed by atoms with E-state index in [1.165, 1.54) is 6.07 Å². The quantitative estimate of drug-likeness (QED) is 0.634. The standard InChI is InChI=1S/C10H12ClN7O2/c1-17(2)10-14-8(15-16-10)5-13-9-7(11)3-6(4-12-9)18(19)20/h3-4H,5H2,1-2H3,(H,12,13)(H,14,15,16). The number of halogens is 1. The van der Waals surface area contributed by atoms with Gasteiger partial charge in [0.2, 0.25) is 5.95 Å². The predicted octanol–water partition coefficient (Wildman–Crippen LogP) is 1.44. The van der Waals surface area contributed by atoms with Gasteiger partial charge in [-0.25, -0.2) is 4.98 Å². The van der Waals surface area contributed by atoms with Crippen molar-refractivity contribution in [3.8, 4) is 0 Å². The molecule has 0 fully saturated rings. The number of nitrogens with one attached hydrogen (secondary N) is 2.